The van der Waals surface area contributed by atoms with E-state index in [-0.39, 0.29) is 11.9 Å². The molecule has 1 aromatic rings. The lowest BCUT2D eigenvalue weighted by Gasteiger charge is -2.34. The van der Waals surface area contributed by atoms with Crippen molar-refractivity contribution in [3.63, 3.8) is 0 Å². The fourth-order valence-corrected chi connectivity index (χ4v) is 3.27. The third-order valence-corrected chi connectivity index (χ3v) is 4.37. The molecule has 0 spiro atoms. The van der Waals surface area contributed by atoms with Gasteiger partial charge in [-0.15, -0.1) is 0 Å². The summed E-state index contributed by atoms with van der Waals surface area (Å²) in [5, 5.41) is 4.13. The van der Waals surface area contributed by atoms with E-state index >= 15 is 0 Å². The third kappa shape index (κ3) is 4.18. The Morgan fingerprint density at radius 2 is 2.10 bits per heavy atom. The molecule has 1 saturated heterocycles. The second kappa shape index (κ2) is 7.39. The van der Waals surface area contributed by atoms with Crippen LogP contribution in [0.15, 0.2) is 18.2 Å². The fourth-order valence-electron chi connectivity index (χ4n) is 2.94. The number of likely N-dealkylation sites (tertiary alicyclic amines) is 1. The summed E-state index contributed by atoms with van der Waals surface area (Å²) in [4.78, 5) is 2.52. The summed E-state index contributed by atoms with van der Waals surface area (Å²) in [6.07, 6.45) is 3.56. The van der Waals surface area contributed by atoms with Crippen molar-refractivity contribution in [1.82, 2.24) is 10.2 Å². The molecule has 1 heterocycles. The highest BCUT2D eigenvalue weighted by molar-refractivity contribution is 6.31. The topological polar surface area (TPSA) is 15.3 Å². The Labute approximate surface area is 126 Å². The number of piperidine rings is 1. The van der Waals surface area contributed by atoms with Crippen LogP contribution in [0.5, 0.6) is 0 Å². The van der Waals surface area contributed by atoms with Crippen molar-refractivity contribution in [3.05, 3.63) is 34.6 Å². The first-order valence-corrected chi connectivity index (χ1v) is 7.91. The number of halogens is 2. The molecule has 1 aliphatic heterocycles. The number of hydrogen-bond acceptors (Lipinski definition) is 2. The van der Waals surface area contributed by atoms with Crippen LogP contribution in [0.25, 0.3) is 0 Å². The van der Waals surface area contributed by atoms with Gasteiger partial charge in [0, 0.05) is 17.1 Å². The molecule has 0 amide bonds. The van der Waals surface area contributed by atoms with Crippen LogP contribution < -0.4 is 5.32 Å². The summed E-state index contributed by atoms with van der Waals surface area (Å²) in [5.41, 5.74) is 0.976. The van der Waals surface area contributed by atoms with Crippen molar-refractivity contribution in [2.24, 2.45) is 0 Å². The summed E-state index contributed by atoms with van der Waals surface area (Å²) in [5.74, 6) is -0.279. The SMILES string of the molecule is CCCN1CCC(NC(C)c2ccc(F)cc2Cl)CC1. The van der Waals surface area contributed by atoms with Crippen LogP contribution in [0.4, 0.5) is 4.39 Å². The Morgan fingerprint density at radius 1 is 1.40 bits per heavy atom. The average molecular weight is 299 g/mol. The van der Waals surface area contributed by atoms with E-state index in [0.717, 1.165) is 18.7 Å². The van der Waals surface area contributed by atoms with Gasteiger partial charge in [0.05, 0.1) is 0 Å². The molecule has 2 rings (SSSR count). The second-order valence-corrected chi connectivity index (χ2v) is 6.08. The van der Waals surface area contributed by atoms with Gasteiger partial charge in [0.15, 0.2) is 0 Å². The van der Waals surface area contributed by atoms with Gasteiger partial charge in [0.2, 0.25) is 0 Å². The Morgan fingerprint density at radius 3 is 2.70 bits per heavy atom. The van der Waals surface area contributed by atoms with Gasteiger partial charge in [-0.1, -0.05) is 24.6 Å². The molecule has 1 unspecified atom stereocenters. The molecule has 0 aliphatic carbocycles. The molecular weight excluding hydrogens is 275 g/mol. The van der Waals surface area contributed by atoms with E-state index in [2.05, 4.69) is 24.1 Å². The quantitative estimate of drug-likeness (QED) is 0.884. The number of benzene rings is 1. The van der Waals surface area contributed by atoms with E-state index in [1.165, 1.54) is 37.9 Å². The van der Waals surface area contributed by atoms with Crippen LogP contribution in [-0.2, 0) is 0 Å². The Bertz CT molecular complexity index is 430. The van der Waals surface area contributed by atoms with Gasteiger partial charge in [-0.3, -0.25) is 0 Å². The van der Waals surface area contributed by atoms with Gasteiger partial charge >= 0.3 is 0 Å². The molecule has 1 aliphatic rings. The van der Waals surface area contributed by atoms with Crippen LogP contribution in [0.3, 0.4) is 0 Å². The second-order valence-electron chi connectivity index (χ2n) is 5.67. The summed E-state index contributed by atoms with van der Waals surface area (Å²) >= 11 is 6.12. The molecule has 112 valence electrons. The molecule has 0 saturated carbocycles. The lowest BCUT2D eigenvalue weighted by atomic mass is 10.0. The highest BCUT2D eigenvalue weighted by Gasteiger charge is 2.21. The minimum absolute atomic E-state index is 0.158. The largest absolute Gasteiger partial charge is 0.307 e. The van der Waals surface area contributed by atoms with Gasteiger partial charge in [-0.05, 0) is 63.5 Å². The number of hydrogen-bond donors (Lipinski definition) is 1. The standard InChI is InChI=1S/C16H24ClFN2/c1-3-8-20-9-6-14(7-10-20)19-12(2)15-5-4-13(18)11-16(15)17/h4-5,11-12,14,19H,3,6-10H2,1-2H3. The van der Waals surface area contributed by atoms with E-state index in [9.17, 15) is 4.39 Å². The summed E-state index contributed by atoms with van der Waals surface area (Å²) in [6, 6.07) is 5.33. The molecule has 0 aromatic heterocycles. The van der Waals surface area contributed by atoms with Crippen LogP contribution in [0, 0.1) is 5.82 Å². The normalized spacial score (nSPS) is 19.2. The van der Waals surface area contributed by atoms with Gasteiger partial charge in [0.1, 0.15) is 5.82 Å². The monoisotopic (exact) mass is 298 g/mol. The van der Waals surface area contributed by atoms with Crippen LogP contribution in [0.2, 0.25) is 5.02 Å². The average Bonchev–Trinajstić information content (AvgIpc) is 2.41. The first kappa shape index (κ1) is 15.7. The maximum Gasteiger partial charge on any atom is 0.124 e. The molecule has 1 aromatic carbocycles. The van der Waals surface area contributed by atoms with Crippen LogP contribution in [-0.4, -0.2) is 30.6 Å². The maximum absolute atomic E-state index is 13.1. The van der Waals surface area contributed by atoms with Crippen molar-refractivity contribution < 1.29 is 4.39 Å². The zero-order valence-corrected chi connectivity index (χ0v) is 13.1. The highest BCUT2D eigenvalue weighted by atomic mass is 35.5. The minimum Gasteiger partial charge on any atom is -0.307 e. The molecule has 20 heavy (non-hydrogen) atoms. The molecule has 1 fully saturated rings. The van der Waals surface area contributed by atoms with E-state index in [4.69, 9.17) is 11.6 Å². The molecule has 0 bridgehead atoms. The predicted molar refractivity (Wildman–Crippen MR) is 82.7 cm³/mol. The number of nitrogens with one attached hydrogen (secondary N) is 1. The third-order valence-electron chi connectivity index (χ3n) is 4.04. The molecule has 2 nitrogen and oxygen atoms in total. The number of rotatable bonds is 5. The van der Waals surface area contributed by atoms with E-state index < -0.39 is 0 Å². The van der Waals surface area contributed by atoms with E-state index in [1.807, 2.05) is 0 Å². The van der Waals surface area contributed by atoms with E-state index in [0.29, 0.717) is 11.1 Å². The molecule has 1 N–H and O–H groups in total. The first-order chi connectivity index (χ1) is 9.60. The maximum atomic E-state index is 13.1. The summed E-state index contributed by atoms with van der Waals surface area (Å²) < 4.78 is 13.1. The smallest absolute Gasteiger partial charge is 0.124 e. The van der Waals surface area contributed by atoms with Crippen molar-refractivity contribution in [1.29, 1.82) is 0 Å². The number of nitrogens with zero attached hydrogens (tertiary/aromatic N) is 1. The fraction of sp³-hybridized carbons (Fsp3) is 0.625. The first-order valence-electron chi connectivity index (χ1n) is 7.53. The van der Waals surface area contributed by atoms with Gasteiger partial charge in [-0.25, -0.2) is 4.39 Å². The van der Waals surface area contributed by atoms with Crippen molar-refractivity contribution in [2.45, 2.75) is 45.2 Å². The van der Waals surface area contributed by atoms with E-state index in [1.54, 1.807) is 6.07 Å². The zero-order chi connectivity index (χ0) is 14.5. The lowest BCUT2D eigenvalue weighted by molar-refractivity contribution is 0.192. The van der Waals surface area contributed by atoms with Crippen LogP contribution in [0.1, 0.15) is 44.7 Å². The Balaban J connectivity index is 1.87. The molecule has 4 heteroatoms. The van der Waals surface area contributed by atoms with Crippen LogP contribution >= 0.6 is 11.6 Å². The highest BCUT2D eigenvalue weighted by Crippen LogP contribution is 2.25. The Kier molecular flexibility index (Phi) is 5.82. The molecular formula is C16H24ClFN2. The van der Waals surface area contributed by atoms with Gasteiger partial charge in [-0.2, -0.15) is 0 Å². The molecule has 0 radical (unpaired) electrons. The summed E-state index contributed by atoms with van der Waals surface area (Å²) in [6.45, 7) is 7.84. The zero-order valence-electron chi connectivity index (χ0n) is 12.3. The van der Waals surface area contributed by atoms with Gasteiger partial charge in [0.25, 0.3) is 0 Å². The van der Waals surface area contributed by atoms with Crippen molar-refractivity contribution in [2.75, 3.05) is 19.6 Å². The summed E-state index contributed by atoms with van der Waals surface area (Å²) in [7, 11) is 0. The van der Waals surface area contributed by atoms with Crippen molar-refractivity contribution >= 4 is 11.6 Å². The Hall–Kier alpha value is -0.640. The molecule has 1 atom stereocenters. The van der Waals surface area contributed by atoms with Gasteiger partial charge < -0.3 is 10.2 Å². The van der Waals surface area contributed by atoms with Crippen molar-refractivity contribution in [3.8, 4) is 0 Å². The predicted octanol–water partition coefficient (Wildman–Crippen LogP) is 4.00. The minimum atomic E-state index is -0.279. The lowest BCUT2D eigenvalue weighted by Crippen LogP contribution is -2.43.